The Morgan fingerprint density at radius 3 is 1.72 bits per heavy atom. The van der Waals surface area contributed by atoms with Gasteiger partial charge in [0, 0.05) is 46.2 Å². The van der Waals surface area contributed by atoms with Crippen molar-refractivity contribution in [2.24, 2.45) is 5.92 Å². The maximum Gasteiger partial charge on any atom is 0.319 e. The molecule has 5 nitrogen and oxygen atoms in total. The minimum absolute atomic E-state index is 0.00524. The molecule has 106 valence electrons. The van der Waals surface area contributed by atoms with Crippen LogP contribution in [-0.4, -0.2) is 66.9 Å². The topological polar surface area (TPSA) is 43.9 Å². The molecule has 0 rings (SSSR count). The van der Waals surface area contributed by atoms with Gasteiger partial charge in [-0.15, -0.1) is 0 Å². The van der Waals surface area contributed by atoms with Gasteiger partial charge in [-0.2, -0.15) is 0 Å². The Bertz CT molecular complexity index is 290. The molecule has 0 aromatic carbocycles. The van der Waals surface area contributed by atoms with Crippen LogP contribution in [0.1, 0.15) is 27.7 Å². The summed E-state index contributed by atoms with van der Waals surface area (Å²) in [5.41, 5.74) is 0. The molecule has 0 aliphatic heterocycles. The van der Waals surface area contributed by atoms with Crippen molar-refractivity contribution in [3.05, 3.63) is 0 Å². The van der Waals surface area contributed by atoms with Crippen LogP contribution in [0.25, 0.3) is 0 Å². The summed E-state index contributed by atoms with van der Waals surface area (Å²) in [6, 6.07) is 0.158. The lowest BCUT2D eigenvalue weighted by atomic mass is 10.2. The van der Waals surface area contributed by atoms with E-state index in [9.17, 15) is 9.59 Å². The fourth-order valence-corrected chi connectivity index (χ4v) is 1.44. The van der Waals surface area contributed by atoms with Gasteiger partial charge in [0.05, 0.1) is 0 Å². The quantitative estimate of drug-likeness (QED) is 0.749. The summed E-state index contributed by atoms with van der Waals surface area (Å²) in [4.78, 5) is 28.6. The van der Waals surface area contributed by atoms with Crippen molar-refractivity contribution in [2.75, 3.05) is 34.2 Å². The molecule has 5 heteroatoms. The third-order valence-electron chi connectivity index (χ3n) is 3.04. The summed E-state index contributed by atoms with van der Waals surface area (Å²) in [5, 5.41) is 0. The number of amides is 3. The Balaban J connectivity index is 4.22. The van der Waals surface area contributed by atoms with Crippen LogP contribution >= 0.6 is 0 Å². The van der Waals surface area contributed by atoms with E-state index in [2.05, 4.69) is 0 Å². The standard InChI is InChI=1S/C13H27N3O2/c1-10(2)12(17)14(5)8-9-15(6)13(18)16(7)11(3)4/h10-11H,8-9H2,1-7H3. The Kier molecular flexibility index (Phi) is 6.73. The van der Waals surface area contributed by atoms with E-state index >= 15 is 0 Å². The van der Waals surface area contributed by atoms with Crippen molar-refractivity contribution in [3.8, 4) is 0 Å². The van der Waals surface area contributed by atoms with Gasteiger partial charge < -0.3 is 14.7 Å². The fourth-order valence-electron chi connectivity index (χ4n) is 1.44. The highest BCUT2D eigenvalue weighted by Gasteiger charge is 2.18. The lowest BCUT2D eigenvalue weighted by Crippen LogP contribution is -2.45. The van der Waals surface area contributed by atoms with E-state index in [4.69, 9.17) is 0 Å². The zero-order valence-electron chi connectivity index (χ0n) is 12.7. The maximum absolute atomic E-state index is 11.9. The van der Waals surface area contributed by atoms with Gasteiger partial charge in [-0.3, -0.25) is 4.79 Å². The van der Waals surface area contributed by atoms with E-state index in [0.29, 0.717) is 13.1 Å². The summed E-state index contributed by atoms with van der Waals surface area (Å²) in [7, 11) is 5.31. The first kappa shape index (κ1) is 16.7. The molecular formula is C13H27N3O2. The molecule has 0 spiro atoms. The largest absolute Gasteiger partial charge is 0.344 e. The average Bonchev–Trinajstić information content (AvgIpc) is 2.32. The van der Waals surface area contributed by atoms with E-state index in [1.807, 2.05) is 27.7 Å². The molecule has 0 radical (unpaired) electrons. The molecule has 0 saturated carbocycles. The van der Waals surface area contributed by atoms with Gasteiger partial charge in [0.25, 0.3) is 0 Å². The molecule has 0 saturated heterocycles. The highest BCUT2D eigenvalue weighted by Crippen LogP contribution is 2.02. The number of nitrogens with zero attached hydrogens (tertiary/aromatic N) is 3. The normalized spacial score (nSPS) is 10.7. The van der Waals surface area contributed by atoms with Crippen LogP contribution in [0.4, 0.5) is 4.79 Å². The number of likely N-dealkylation sites (N-methyl/N-ethyl adjacent to an activating group) is 2. The van der Waals surface area contributed by atoms with Crippen molar-refractivity contribution in [1.29, 1.82) is 0 Å². The van der Waals surface area contributed by atoms with Gasteiger partial charge in [-0.25, -0.2) is 4.79 Å². The van der Waals surface area contributed by atoms with Crippen LogP contribution in [0.2, 0.25) is 0 Å². The SMILES string of the molecule is CC(C)C(=O)N(C)CCN(C)C(=O)N(C)C(C)C. The van der Waals surface area contributed by atoms with E-state index in [-0.39, 0.29) is 23.9 Å². The maximum atomic E-state index is 11.9. The molecule has 0 bridgehead atoms. The second kappa shape index (κ2) is 7.24. The average molecular weight is 257 g/mol. The highest BCUT2D eigenvalue weighted by molar-refractivity contribution is 5.78. The van der Waals surface area contributed by atoms with Crippen LogP contribution in [0, 0.1) is 5.92 Å². The predicted octanol–water partition coefficient (Wildman–Crippen LogP) is 1.49. The number of hydrogen-bond acceptors (Lipinski definition) is 2. The van der Waals surface area contributed by atoms with Crippen LogP contribution in [0.5, 0.6) is 0 Å². The number of carbonyl (C=O) groups excluding carboxylic acids is 2. The molecule has 0 aromatic rings. The molecule has 0 fully saturated rings. The fraction of sp³-hybridized carbons (Fsp3) is 0.846. The van der Waals surface area contributed by atoms with Gasteiger partial charge in [-0.05, 0) is 13.8 Å². The van der Waals surface area contributed by atoms with Crippen molar-refractivity contribution in [3.63, 3.8) is 0 Å². The summed E-state index contributed by atoms with van der Waals surface area (Å²) in [6.45, 7) is 8.80. The Labute approximate surface area is 111 Å². The second-order valence-electron chi connectivity index (χ2n) is 5.32. The Hall–Kier alpha value is -1.26. The van der Waals surface area contributed by atoms with Gasteiger partial charge in [0.1, 0.15) is 0 Å². The van der Waals surface area contributed by atoms with Gasteiger partial charge >= 0.3 is 6.03 Å². The van der Waals surface area contributed by atoms with Crippen molar-refractivity contribution >= 4 is 11.9 Å². The zero-order valence-corrected chi connectivity index (χ0v) is 12.7. The molecule has 0 N–H and O–H groups in total. The molecule has 0 heterocycles. The summed E-state index contributed by atoms with van der Waals surface area (Å²) in [5.74, 6) is 0.0995. The molecule has 0 atom stereocenters. The molecule has 0 aliphatic carbocycles. The predicted molar refractivity (Wildman–Crippen MR) is 73.4 cm³/mol. The minimum atomic E-state index is -0.0182. The summed E-state index contributed by atoms with van der Waals surface area (Å²) >= 11 is 0. The van der Waals surface area contributed by atoms with Gasteiger partial charge in [-0.1, -0.05) is 13.8 Å². The first-order chi connectivity index (χ1) is 8.18. The highest BCUT2D eigenvalue weighted by atomic mass is 16.2. The second-order valence-corrected chi connectivity index (χ2v) is 5.32. The van der Waals surface area contributed by atoms with E-state index in [1.54, 1.807) is 35.8 Å². The monoisotopic (exact) mass is 257 g/mol. The summed E-state index contributed by atoms with van der Waals surface area (Å²) in [6.07, 6.45) is 0. The smallest absolute Gasteiger partial charge is 0.319 e. The van der Waals surface area contributed by atoms with Crippen molar-refractivity contribution < 1.29 is 9.59 Å². The van der Waals surface area contributed by atoms with E-state index < -0.39 is 0 Å². The molecule has 0 unspecified atom stereocenters. The van der Waals surface area contributed by atoms with E-state index in [1.165, 1.54) is 0 Å². The van der Waals surface area contributed by atoms with Crippen LogP contribution in [0.3, 0.4) is 0 Å². The van der Waals surface area contributed by atoms with Gasteiger partial charge in [0.15, 0.2) is 0 Å². The third kappa shape index (κ3) is 4.94. The minimum Gasteiger partial charge on any atom is -0.344 e. The van der Waals surface area contributed by atoms with Crippen LogP contribution in [0.15, 0.2) is 0 Å². The molecule has 3 amide bonds. The number of carbonyl (C=O) groups is 2. The first-order valence-corrected chi connectivity index (χ1v) is 6.41. The Morgan fingerprint density at radius 1 is 0.889 bits per heavy atom. The van der Waals surface area contributed by atoms with Crippen LogP contribution < -0.4 is 0 Å². The lowest BCUT2D eigenvalue weighted by molar-refractivity contribution is -0.133. The van der Waals surface area contributed by atoms with Crippen LogP contribution in [-0.2, 0) is 4.79 Å². The lowest BCUT2D eigenvalue weighted by Gasteiger charge is -2.29. The van der Waals surface area contributed by atoms with E-state index in [0.717, 1.165) is 0 Å². The Morgan fingerprint density at radius 2 is 1.33 bits per heavy atom. The number of urea groups is 1. The molecule has 0 aromatic heterocycles. The van der Waals surface area contributed by atoms with Gasteiger partial charge in [0.2, 0.25) is 5.91 Å². The molecular weight excluding hydrogens is 230 g/mol. The zero-order chi connectivity index (χ0) is 14.5. The van der Waals surface area contributed by atoms with Crippen molar-refractivity contribution in [1.82, 2.24) is 14.7 Å². The van der Waals surface area contributed by atoms with Crippen molar-refractivity contribution in [2.45, 2.75) is 33.7 Å². The number of hydrogen-bond donors (Lipinski definition) is 0. The summed E-state index contributed by atoms with van der Waals surface area (Å²) < 4.78 is 0. The first-order valence-electron chi connectivity index (χ1n) is 6.41. The third-order valence-corrected chi connectivity index (χ3v) is 3.04. The molecule has 18 heavy (non-hydrogen) atoms. The number of rotatable bonds is 5. The molecule has 0 aliphatic rings.